The Morgan fingerprint density at radius 1 is 0.960 bits per heavy atom. The largest absolute Gasteiger partial charge is 0.385 e. The molecule has 6 heteroatoms. The second-order valence-corrected chi connectivity index (χ2v) is 5.73. The van der Waals surface area contributed by atoms with E-state index in [1.807, 2.05) is 36.4 Å². The number of nitrogens with one attached hydrogen (secondary N) is 2. The van der Waals surface area contributed by atoms with Crippen LogP contribution in [0, 0.1) is 0 Å². The molecule has 1 aromatic heterocycles. The van der Waals surface area contributed by atoms with E-state index in [-0.39, 0.29) is 0 Å². The lowest BCUT2D eigenvalue weighted by molar-refractivity contribution is 0.141. The summed E-state index contributed by atoms with van der Waals surface area (Å²) in [7, 11) is 0. The zero-order valence-electron chi connectivity index (χ0n) is 14.0. The Labute approximate surface area is 145 Å². The van der Waals surface area contributed by atoms with Gasteiger partial charge in [-0.05, 0) is 36.2 Å². The Kier molecular flexibility index (Phi) is 5.38. The minimum atomic E-state index is -2.70. The van der Waals surface area contributed by atoms with Crippen molar-refractivity contribution in [1.82, 2.24) is 9.97 Å². The van der Waals surface area contributed by atoms with Crippen LogP contribution in [0.25, 0.3) is 10.9 Å². The summed E-state index contributed by atoms with van der Waals surface area (Å²) in [4.78, 5) is 7.91. The normalized spacial score (nSPS) is 11.0. The monoisotopic (exact) mass is 342 g/mol. The van der Waals surface area contributed by atoms with Crippen molar-refractivity contribution in [3.63, 3.8) is 0 Å². The molecule has 0 spiro atoms. The van der Waals surface area contributed by atoms with Crippen LogP contribution < -0.4 is 10.6 Å². The number of rotatable bonds is 7. The predicted octanol–water partition coefficient (Wildman–Crippen LogP) is 5.00. The van der Waals surface area contributed by atoms with Crippen molar-refractivity contribution in [2.24, 2.45) is 0 Å². The quantitative estimate of drug-likeness (QED) is 0.634. The van der Waals surface area contributed by atoms with Gasteiger partial charge in [-0.3, -0.25) is 0 Å². The lowest BCUT2D eigenvalue weighted by Gasteiger charge is -2.11. The van der Waals surface area contributed by atoms with Gasteiger partial charge in [0.2, 0.25) is 0 Å². The molecule has 4 nitrogen and oxygen atoms in total. The third kappa shape index (κ3) is 4.21. The lowest BCUT2D eigenvalue weighted by atomic mass is 10.2. The molecular weight excluding hydrogens is 322 g/mol. The first-order valence-corrected chi connectivity index (χ1v) is 8.29. The molecule has 0 bridgehead atoms. The maximum Gasteiger partial charge on any atom is 0.297 e. The van der Waals surface area contributed by atoms with E-state index in [9.17, 15) is 8.78 Å². The molecule has 0 fully saturated rings. The number of para-hydroxylation sites is 1. The molecule has 0 saturated carbocycles. The van der Waals surface area contributed by atoms with Gasteiger partial charge in [0.05, 0.1) is 5.52 Å². The van der Waals surface area contributed by atoms with Gasteiger partial charge < -0.3 is 10.6 Å². The molecule has 3 aromatic rings. The molecule has 0 atom stereocenters. The molecular formula is C19H20F2N4. The van der Waals surface area contributed by atoms with Gasteiger partial charge in [0.15, 0.2) is 5.82 Å². The van der Waals surface area contributed by atoms with Crippen LogP contribution in [-0.4, -0.2) is 16.5 Å². The number of benzene rings is 2. The van der Waals surface area contributed by atoms with E-state index >= 15 is 0 Å². The van der Waals surface area contributed by atoms with Crippen LogP contribution in [0.5, 0.6) is 0 Å². The van der Waals surface area contributed by atoms with E-state index in [1.165, 1.54) is 0 Å². The minimum absolute atomic E-state index is 0.425. The molecule has 25 heavy (non-hydrogen) atoms. The molecule has 3 rings (SSSR count). The number of hydrogen-bond acceptors (Lipinski definition) is 4. The first kappa shape index (κ1) is 17.1. The van der Waals surface area contributed by atoms with Crippen molar-refractivity contribution in [2.75, 3.05) is 17.2 Å². The number of alkyl halides is 2. The average Bonchev–Trinajstić information content (AvgIpc) is 2.65. The van der Waals surface area contributed by atoms with Crippen molar-refractivity contribution in [1.29, 1.82) is 0 Å². The number of aromatic nitrogens is 2. The standard InChI is InChI=1S/C19H20F2N4/c1-2-11-22-14-9-7-13(8-10-14)12-23-18-15-5-3-4-6-16(15)24-19(25-18)17(20)21/h3-10,17,22H,2,11-12H2,1H3,(H,23,24,25). The SMILES string of the molecule is CCCNc1ccc(CNc2nc(C(F)F)nc3ccccc23)cc1. The van der Waals surface area contributed by atoms with Crippen LogP contribution in [0.1, 0.15) is 31.2 Å². The van der Waals surface area contributed by atoms with E-state index in [0.29, 0.717) is 17.9 Å². The molecule has 2 N–H and O–H groups in total. The molecule has 130 valence electrons. The fourth-order valence-electron chi connectivity index (χ4n) is 2.52. The van der Waals surface area contributed by atoms with Gasteiger partial charge in [-0.25, -0.2) is 18.7 Å². The molecule has 2 aromatic carbocycles. The third-order valence-electron chi connectivity index (χ3n) is 3.81. The lowest BCUT2D eigenvalue weighted by Crippen LogP contribution is -2.06. The molecule has 0 saturated heterocycles. The highest BCUT2D eigenvalue weighted by Crippen LogP contribution is 2.24. The zero-order chi connectivity index (χ0) is 17.6. The van der Waals surface area contributed by atoms with Gasteiger partial charge in [0, 0.05) is 24.2 Å². The maximum atomic E-state index is 13.0. The summed E-state index contributed by atoms with van der Waals surface area (Å²) in [5, 5.41) is 7.20. The molecule has 0 aliphatic heterocycles. The van der Waals surface area contributed by atoms with E-state index in [0.717, 1.165) is 29.6 Å². The van der Waals surface area contributed by atoms with E-state index < -0.39 is 12.2 Å². The second-order valence-electron chi connectivity index (χ2n) is 5.73. The molecule has 1 heterocycles. The Hall–Kier alpha value is -2.76. The van der Waals surface area contributed by atoms with Crippen molar-refractivity contribution in [3.8, 4) is 0 Å². The second kappa shape index (κ2) is 7.88. The average molecular weight is 342 g/mol. The van der Waals surface area contributed by atoms with E-state index in [4.69, 9.17) is 0 Å². The highest BCUT2D eigenvalue weighted by Gasteiger charge is 2.14. The van der Waals surface area contributed by atoms with E-state index in [1.54, 1.807) is 12.1 Å². The van der Waals surface area contributed by atoms with Gasteiger partial charge in [-0.15, -0.1) is 0 Å². The van der Waals surface area contributed by atoms with Gasteiger partial charge in [0.25, 0.3) is 6.43 Å². The van der Waals surface area contributed by atoms with Gasteiger partial charge in [0.1, 0.15) is 5.82 Å². The molecule has 0 aliphatic carbocycles. The molecule has 0 aliphatic rings. The topological polar surface area (TPSA) is 49.8 Å². The Morgan fingerprint density at radius 2 is 1.72 bits per heavy atom. The minimum Gasteiger partial charge on any atom is -0.385 e. The fourth-order valence-corrected chi connectivity index (χ4v) is 2.52. The number of anilines is 2. The van der Waals surface area contributed by atoms with Crippen LogP contribution in [0.2, 0.25) is 0 Å². The van der Waals surface area contributed by atoms with Crippen LogP contribution in [0.15, 0.2) is 48.5 Å². The first-order valence-electron chi connectivity index (χ1n) is 8.29. The highest BCUT2D eigenvalue weighted by atomic mass is 19.3. The van der Waals surface area contributed by atoms with Crippen molar-refractivity contribution in [2.45, 2.75) is 26.3 Å². The number of hydrogen-bond donors (Lipinski definition) is 2. The molecule has 0 radical (unpaired) electrons. The van der Waals surface area contributed by atoms with Crippen LogP contribution in [0.3, 0.4) is 0 Å². The Bertz CT molecular complexity index is 834. The number of fused-ring (bicyclic) bond motifs is 1. The summed E-state index contributed by atoms with van der Waals surface area (Å²) >= 11 is 0. The smallest absolute Gasteiger partial charge is 0.297 e. The first-order chi connectivity index (χ1) is 12.2. The number of nitrogens with zero attached hydrogens (tertiary/aromatic N) is 2. The van der Waals surface area contributed by atoms with Crippen molar-refractivity contribution < 1.29 is 8.78 Å². The molecule has 0 amide bonds. The summed E-state index contributed by atoms with van der Waals surface area (Å²) in [5.74, 6) is -0.0330. The summed E-state index contributed by atoms with van der Waals surface area (Å²) in [6.45, 7) is 3.55. The summed E-state index contributed by atoms with van der Waals surface area (Å²) in [6, 6.07) is 15.2. The van der Waals surface area contributed by atoms with E-state index in [2.05, 4.69) is 27.5 Å². The fraction of sp³-hybridized carbons (Fsp3) is 0.263. The summed E-state index contributed by atoms with van der Waals surface area (Å²) < 4.78 is 26.0. The zero-order valence-corrected chi connectivity index (χ0v) is 14.0. The third-order valence-corrected chi connectivity index (χ3v) is 3.81. The summed E-state index contributed by atoms with van der Waals surface area (Å²) in [5.41, 5.74) is 2.62. The Balaban J connectivity index is 1.78. The van der Waals surface area contributed by atoms with Crippen LogP contribution >= 0.6 is 0 Å². The highest BCUT2D eigenvalue weighted by molar-refractivity contribution is 5.89. The predicted molar refractivity (Wildman–Crippen MR) is 97.0 cm³/mol. The van der Waals surface area contributed by atoms with Crippen LogP contribution in [0.4, 0.5) is 20.3 Å². The van der Waals surface area contributed by atoms with Crippen LogP contribution in [-0.2, 0) is 6.54 Å². The maximum absolute atomic E-state index is 13.0. The number of halogens is 2. The van der Waals surface area contributed by atoms with Crippen molar-refractivity contribution in [3.05, 3.63) is 59.9 Å². The Morgan fingerprint density at radius 3 is 2.44 bits per heavy atom. The molecule has 0 unspecified atom stereocenters. The van der Waals surface area contributed by atoms with Gasteiger partial charge in [-0.2, -0.15) is 0 Å². The van der Waals surface area contributed by atoms with Gasteiger partial charge >= 0.3 is 0 Å². The van der Waals surface area contributed by atoms with Crippen molar-refractivity contribution >= 4 is 22.4 Å². The van der Waals surface area contributed by atoms with Gasteiger partial charge in [-0.1, -0.05) is 31.2 Å². The summed E-state index contributed by atoms with van der Waals surface area (Å²) in [6.07, 6.45) is -1.63.